The zero-order valence-corrected chi connectivity index (χ0v) is 12.6. The third-order valence-corrected chi connectivity index (χ3v) is 4.61. The zero-order chi connectivity index (χ0) is 14.5. The summed E-state index contributed by atoms with van der Waals surface area (Å²) in [6.45, 7) is 3.88. The van der Waals surface area contributed by atoms with Gasteiger partial charge in [0.2, 0.25) is 11.8 Å². The van der Waals surface area contributed by atoms with Crippen molar-refractivity contribution in [2.75, 3.05) is 11.5 Å². The summed E-state index contributed by atoms with van der Waals surface area (Å²) in [4.78, 5) is 22.9. The van der Waals surface area contributed by atoms with Gasteiger partial charge in [0.05, 0.1) is 11.3 Å². The molecule has 1 saturated carbocycles. The standard InChI is InChI=1S/C13H25N3O2S/c1-9(2)16-11(17)8-19-7-5-10-4-3-6-13(10,15)12(14)18/h9-10H,3-8,15H2,1-2H3,(H2,14,18)(H,16,17). The van der Waals surface area contributed by atoms with Gasteiger partial charge in [-0.3, -0.25) is 9.59 Å². The van der Waals surface area contributed by atoms with Gasteiger partial charge >= 0.3 is 0 Å². The highest BCUT2D eigenvalue weighted by Crippen LogP contribution is 2.36. The molecule has 0 saturated heterocycles. The molecule has 0 spiro atoms. The van der Waals surface area contributed by atoms with Crippen molar-refractivity contribution in [3.63, 3.8) is 0 Å². The Hall–Kier alpha value is -0.750. The lowest BCUT2D eigenvalue weighted by Crippen LogP contribution is -2.54. The minimum absolute atomic E-state index is 0.0559. The van der Waals surface area contributed by atoms with Crippen molar-refractivity contribution in [2.24, 2.45) is 17.4 Å². The molecule has 0 aliphatic heterocycles. The molecule has 1 aliphatic carbocycles. The van der Waals surface area contributed by atoms with Gasteiger partial charge in [0.1, 0.15) is 0 Å². The summed E-state index contributed by atoms with van der Waals surface area (Å²) in [6.07, 6.45) is 3.45. The first-order valence-corrected chi connectivity index (χ1v) is 7.97. The summed E-state index contributed by atoms with van der Waals surface area (Å²) in [7, 11) is 0. The predicted octanol–water partition coefficient (Wildman–Crippen LogP) is 0.617. The maximum Gasteiger partial charge on any atom is 0.237 e. The van der Waals surface area contributed by atoms with Gasteiger partial charge in [-0.2, -0.15) is 11.8 Å². The maximum atomic E-state index is 11.5. The maximum absolute atomic E-state index is 11.5. The lowest BCUT2D eigenvalue weighted by atomic mass is 9.85. The van der Waals surface area contributed by atoms with Crippen molar-refractivity contribution in [3.05, 3.63) is 0 Å². The molecule has 0 aromatic rings. The molecule has 1 rings (SSSR count). The highest BCUT2D eigenvalue weighted by atomic mass is 32.2. The van der Waals surface area contributed by atoms with Crippen LogP contribution in [0.3, 0.4) is 0 Å². The second-order valence-electron chi connectivity index (χ2n) is 5.56. The molecule has 0 radical (unpaired) electrons. The fourth-order valence-corrected chi connectivity index (χ4v) is 3.45. The fourth-order valence-electron chi connectivity index (χ4n) is 2.58. The average molecular weight is 287 g/mol. The Bertz CT molecular complexity index is 336. The van der Waals surface area contributed by atoms with Crippen molar-refractivity contribution in [3.8, 4) is 0 Å². The third-order valence-electron chi connectivity index (χ3n) is 3.62. The topological polar surface area (TPSA) is 98.2 Å². The number of carbonyl (C=O) groups excluding carboxylic acids is 2. The molecule has 2 atom stereocenters. The summed E-state index contributed by atoms with van der Waals surface area (Å²) >= 11 is 1.58. The number of thioether (sulfide) groups is 1. The van der Waals surface area contributed by atoms with Crippen LogP contribution in [-0.2, 0) is 9.59 Å². The smallest absolute Gasteiger partial charge is 0.237 e. The van der Waals surface area contributed by atoms with Crippen LogP contribution in [0.1, 0.15) is 39.5 Å². The Morgan fingerprint density at radius 1 is 1.47 bits per heavy atom. The largest absolute Gasteiger partial charge is 0.368 e. The lowest BCUT2D eigenvalue weighted by molar-refractivity contribution is -0.124. The van der Waals surface area contributed by atoms with Crippen LogP contribution in [-0.4, -0.2) is 34.9 Å². The van der Waals surface area contributed by atoms with E-state index in [1.54, 1.807) is 11.8 Å². The second-order valence-corrected chi connectivity index (χ2v) is 6.66. The van der Waals surface area contributed by atoms with E-state index in [-0.39, 0.29) is 17.9 Å². The molecule has 5 N–H and O–H groups in total. The molecule has 2 unspecified atom stereocenters. The summed E-state index contributed by atoms with van der Waals surface area (Å²) in [6, 6.07) is 0.175. The summed E-state index contributed by atoms with van der Waals surface area (Å²) in [5.41, 5.74) is 10.7. The molecule has 5 nitrogen and oxygen atoms in total. The summed E-state index contributed by atoms with van der Waals surface area (Å²) in [5, 5.41) is 2.85. The number of nitrogens with one attached hydrogen (secondary N) is 1. The van der Waals surface area contributed by atoms with Crippen molar-refractivity contribution in [1.82, 2.24) is 5.32 Å². The normalized spacial score (nSPS) is 26.6. The van der Waals surface area contributed by atoms with Crippen molar-refractivity contribution >= 4 is 23.6 Å². The van der Waals surface area contributed by atoms with Crippen LogP contribution in [0.15, 0.2) is 0 Å². The fraction of sp³-hybridized carbons (Fsp3) is 0.846. The average Bonchev–Trinajstić information content (AvgIpc) is 2.67. The number of primary amides is 1. The van der Waals surface area contributed by atoms with Gasteiger partial charge < -0.3 is 16.8 Å². The van der Waals surface area contributed by atoms with Crippen LogP contribution >= 0.6 is 11.8 Å². The number of nitrogens with two attached hydrogens (primary N) is 2. The Morgan fingerprint density at radius 3 is 2.74 bits per heavy atom. The third kappa shape index (κ3) is 4.69. The van der Waals surface area contributed by atoms with E-state index in [9.17, 15) is 9.59 Å². The molecule has 1 aliphatic rings. The Kier molecular flexibility index (Phi) is 6.13. The molecule has 19 heavy (non-hydrogen) atoms. The predicted molar refractivity (Wildman–Crippen MR) is 78.7 cm³/mol. The van der Waals surface area contributed by atoms with Gasteiger partial charge in [-0.1, -0.05) is 6.42 Å². The van der Waals surface area contributed by atoms with E-state index in [0.29, 0.717) is 12.2 Å². The minimum Gasteiger partial charge on any atom is -0.368 e. The van der Waals surface area contributed by atoms with E-state index in [4.69, 9.17) is 11.5 Å². The first-order chi connectivity index (χ1) is 8.86. The summed E-state index contributed by atoms with van der Waals surface area (Å²) < 4.78 is 0. The Balaban J connectivity index is 2.26. The molecule has 2 amide bonds. The van der Waals surface area contributed by atoms with E-state index in [2.05, 4.69) is 5.32 Å². The zero-order valence-electron chi connectivity index (χ0n) is 11.8. The van der Waals surface area contributed by atoms with Crippen molar-refractivity contribution < 1.29 is 9.59 Å². The molecule has 0 aromatic heterocycles. The molecular weight excluding hydrogens is 262 g/mol. The van der Waals surface area contributed by atoms with Crippen LogP contribution < -0.4 is 16.8 Å². The van der Waals surface area contributed by atoms with Crippen LogP contribution in [0.2, 0.25) is 0 Å². The first-order valence-electron chi connectivity index (χ1n) is 6.82. The van der Waals surface area contributed by atoms with Crippen LogP contribution in [0.4, 0.5) is 0 Å². The quantitative estimate of drug-likeness (QED) is 0.598. The molecule has 6 heteroatoms. The molecule has 0 aromatic carbocycles. The number of amides is 2. The van der Waals surface area contributed by atoms with E-state index in [0.717, 1.165) is 25.0 Å². The Labute approximate surface area is 119 Å². The van der Waals surface area contributed by atoms with Crippen LogP contribution in [0.25, 0.3) is 0 Å². The van der Waals surface area contributed by atoms with Crippen LogP contribution in [0, 0.1) is 5.92 Å². The minimum atomic E-state index is -0.833. The number of hydrogen-bond donors (Lipinski definition) is 3. The van der Waals surface area contributed by atoms with Gasteiger partial charge in [0.25, 0.3) is 0 Å². The SMILES string of the molecule is CC(C)NC(=O)CSCCC1CCCC1(N)C(N)=O. The first kappa shape index (κ1) is 16.3. The van der Waals surface area contributed by atoms with Gasteiger partial charge in [0.15, 0.2) is 0 Å². The van der Waals surface area contributed by atoms with Gasteiger partial charge in [0, 0.05) is 6.04 Å². The van der Waals surface area contributed by atoms with E-state index in [1.807, 2.05) is 13.8 Å². The van der Waals surface area contributed by atoms with Gasteiger partial charge in [-0.15, -0.1) is 0 Å². The van der Waals surface area contributed by atoms with E-state index in [1.165, 1.54) is 0 Å². The molecular formula is C13H25N3O2S. The van der Waals surface area contributed by atoms with E-state index >= 15 is 0 Å². The van der Waals surface area contributed by atoms with Gasteiger partial charge in [-0.25, -0.2) is 0 Å². The Morgan fingerprint density at radius 2 is 2.16 bits per heavy atom. The summed E-state index contributed by atoms with van der Waals surface area (Å²) in [5.74, 6) is 1.12. The highest BCUT2D eigenvalue weighted by Gasteiger charge is 2.43. The van der Waals surface area contributed by atoms with Crippen molar-refractivity contribution in [1.29, 1.82) is 0 Å². The van der Waals surface area contributed by atoms with Gasteiger partial charge in [-0.05, 0) is 44.8 Å². The monoisotopic (exact) mass is 287 g/mol. The molecule has 1 fully saturated rings. The lowest BCUT2D eigenvalue weighted by Gasteiger charge is -2.27. The van der Waals surface area contributed by atoms with Crippen LogP contribution in [0.5, 0.6) is 0 Å². The number of carbonyl (C=O) groups is 2. The molecule has 0 heterocycles. The van der Waals surface area contributed by atoms with Crippen molar-refractivity contribution in [2.45, 2.75) is 51.1 Å². The highest BCUT2D eigenvalue weighted by molar-refractivity contribution is 7.99. The number of hydrogen-bond acceptors (Lipinski definition) is 4. The molecule has 0 bridgehead atoms. The molecule has 110 valence electrons. The van der Waals surface area contributed by atoms with E-state index < -0.39 is 11.4 Å². The second kappa shape index (κ2) is 7.14. The number of rotatable bonds is 7.